The van der Waals surface area contributed by atoms with Crippen molar-refractivity contribution >= 4 is 5.97 Å². The molecule has 0 amide bonds. The number of aromatic carboxylic acids is 1. The Morgan fingerprint density at radius 3 is 2.78 bits per heavy atom. The lowest BCUT2D eigenvalue weighted by molar-refractivity contribution is 0.0689. The maximum atomic E-state index is 13.9. The number of nitrogens with zero attached hydrogens (tertiary/aromatic N) is 2. The Bertz CT molecular complexity index is 594. The standard InChI is InChI=1S/C13H11FN2O2/c14-9-6-11(8-4-2-1-3-5-8)16-12(9)7-10(15-16)13(17)18/h1-5,7,9,11H,6H2,(H,17,18)/t9-,11-/m1/s1. The van der Waals surface area contributed by atoms with Crippen LogP contribution in [0.15, 0.2) is 36.4 Å². The van der Waals surface area contributed by atoms with Crippen LogP contribution in [0.3, 0.4) is 0 Å². The summed E-state index contributed by atoms with van der Waals surface area (Å²) in [6, 6.07) is 10.5. The predicted molar refractivity (Wildman–Crippen MR) is 62.2 cm³/mol. The molecule has 5 heteroatoms. The van der Waals surface area contributed by atoms with Gasteiger partial charge in [-0.15, -0.1) is 0 Å². The van der Waals surface area contributed by atoms with Crippen molar-refractivity contribution in [3.05, 3.63) is 53.3 Å². The van der Waals surface area contributed by atoms with Crippen molar-refractivity contribution in [3.8, 4) is 0 Å². The van der Waals surface area contributed by atoms with Crippen LogP contribution in [0.2, 0.25) is 0 Å². The molecule has 0 unspecified atom stereocenters. The average Bonchev–Trinajstić information content (AvgIpc) is 2.92. The summed E-state index contributed by atoms with van der Waals surface area (Å²) in [5.41, 5.74) is 1.19. The van der Waals surface area contributed by atoms with Crippen LogP contribution >= 0.6 is 0 Å². The van der Waals surface area contributed by atoms with Crippen LogP contribution in [0.1, 0.15) is 40.4 Å². The molecule has 0 radical (unpaired) electrons. The van der Waals surface area contributed by atoms with Crippen LogP contribution < -0.4 is 0 Å². The second-order valence-electron chi connectivity index (χ2n) is 4.33. The van der Waals surface area contributed by atoms with E-state index in [1.54, 1.807) is 0 Å². The smallest absolute Gasteiger partial charge is 0.356 e. The van der Waals surface area contributed by atoms with Crippen molar-refractivity contribution in [3.63, 3.8) is 0 Å². The number of alkyl halides is 1. The average molecular weight is 246 g/mol. The van der Waals surface area contributed by atoms with E-state index in [-0.39, 0.29) is 11.7 Å². The van der Waals surface area contributed by atoms with Crippen molar-refractivity contribution in [1.82, 2.24) is 9.78 Å². The van der Waals surface area contributed by atoms with Crippen molar-refractivity contribution in [2.75, 3.05) is 0 Å². The molecule has 1 aromatic carbocycles. The van der Waals surface area contributed by atoms with Gasteiger partial charge in [0, 0.05) is 6.42 Å². The summed E-state index contributed by atoms with van der Waals surface area (Å²) < 4.78 is 15.4. The van der Waals surface area contributed by atoms with Gasteiger partial charge in [0.05, 0.1) is 11.7 Å². The first-order chi connectivity index (χ1) is 8.66. The van der Waals surface area contributed by atoms with Gasteiger partial charge < -0.3 is 5.11 Å². The highest BCUT2D eigenvalue weighted by Crippen LogP contribution is 2.40. The first kappa shape index (κ1) is 11.0. The Kier molecular flexibility index (Phi) is 2.40. The monoisotopic (exact) mass is 246 g/mol. The van der Waals surface area contributed by atoms with Crippen LogP contribution in [0.5, 0.6) is 0 Å². The molecule has 0 aliphatic carbocycles. The Hall–Kier alpha value is -2.17. The highest BCUT2D eigenvalue weighted by atomic mass is 19.1. The van der Waals surface area contributed by atoms with Crippen molar-refractivity contribution < 1.29 is 14.3 Å². The first-order valence-corrected chi connectivity index (χ1v) is 5.68. The third kappa shape index (κ3) is 1.59. The fraction of sp³-hybridized carbons (Fsp3) is 0.231. The number of benzene rings is 1. The Morgan fingerprint density at radius 1 is 1.39 bits per heavy atom. The third-order valence-electron chi connectivity index (χ3n) is 3.21. The number of carbonyl (C=O) groups is 1. The molecular formula is C13H11FN2O2. The second kappa shape index (κ2) is 3.94. The van der Waals surface area contributed by atoms with E-state index >= 15 is 0 Å². The van der Waals surface area contributed by atoms with Gasteiger partial charge in [0.2, 0.25) is 0 Å². The molecule has 0 spiro atoms. The molecule has 3 rings (SSSR count). The van der Waals surface area contributed by atoms with E-state index in [1.165, 1.54) is 10.7 Å². The topological polar surface area (TPSA) is 55.1 Å². The van der Waals surface area contributed by atoms with E-state index in [4.69, 9.17) is 5.11 Å². The van der Waals surface area contributed by atoms with Gasteiger partial charge in [-0.1, -0.05) is 30.3 Å². The van der Waals surface area contributed by atoms with Crippen LogP contribution in [0, 0.1) is 0 Å². The lowest BCUT2D eigenvalue weighted by atomic mass is 10.0. The van der Waals surface area contributed by atoms with E-state index in [0.29, 0.717) is 12.1 Å². The van der Waals surface area contributed by atoms with Gasteiger partial charge in [0.1, 0.15) is 6.17 Å². The number of hydrogen-bond donors (Lipinski definition) is 1. The molecule has 1 aromatic heterocycles. The quantitative estimate of drug-likeness (QED) is 0.886. The molecule has 4 nitrogen and oxygen atoms in total. The molecule has 2 heterocycles. The number of rotatable bonds is 2. The molecule has 1 aliphatic heterocycles. The highest BCUT2D eigenvalue weighted by molar-refractivity contribution is 5.85. The molecule has 0 saturated carbocycles. The Balaban J connectivity index is 2.05. The van der Waals surface area contributed by atoms with Gasteiger partial charge in [-0.3, -0.25) is 4.68 Å². The van der Waals surface area contributed by atoms with Gasteiger partial charge in [-0.25, -0.2) is 9.18 Å². The number of hydrogen-bond acceptors (Lipinski definition) is 2. The van der Waals surface area contributed by atoms with E-state index in [1.807, 2.05) is 30.3 Å². The third-order valence-corrected chi connectivity index (χ3v) is 3.21. The highest BCUT2D eigenvalue weighted by Gasteiger charge is 2.34. The van der Waals surface area contributed by atoms with Crippen LogP contribution in [-0.4, -0.2) is 20.9 Å². The lowest BCUT2D eigenvalue weighted by Gasteiger charge is -2.11. The molecule has 0 saturated heterocycles. The SMILES string of the molecule is O=C(O)c1cc2n(n1)[C@@H](c1ccccc1)C[C@H]2F. The molecule has 0 fully saturated rings. The summed E-state index contributed by atoms with van der Waals surface area (Å²) in [6.07, 6.45) is -0.845. The van der Waals surface area contributed by atoms with E-state index < -0.39 is 12.1 Å². The zero-order valence-corrected chi connectivity index (χ0v) is 9.45. The fourth-order valence-electron chi connectivity index (χ4n) is 2.37. The number of carboxylic acids is 1. The molecule has 92 valence electrons. The maximum Gasteiger partial charge on any atom is 0.356 e. The maximum absolute atomic E-state index is 13.9. The summed E-state index contributed by atoms with van der Waals surface area (Å²) in [5, 5.41) is 12.9. The van der Waals surface area contributed by atoms with Gasteiger partial charge in [0.15, 0.2) is 5.69 Å². The number of aromatic nitrogens is 2. The summed E-state index contributed by atoms with van der Waals surface area (Å²) in [4.78, 5) is 10.9. The molecule has 1 aliphatic rings. The molecule has 0 bridgehead atoms. The van der Waals surface area contributed by atoms with E-state index in [2.05, 4.69) is 5.10 Å². The minimum atomic E-state index is -1.16. The molecular weight excluding hydrogens is 235 g/mol. The van der Waals surface area contributed by atoms with Crippen molar-refractivity contribution in [2.24, 2.45) is 0 Å². The Morgan fingerprint density at radius 2 is 2.11 bits per heavy atom. The normalized spacial score (nSPS) is 21.8. The van der Waals surface area contributed by atoms with E-state index in [9.17, 15) is 9.18 Å². The molecule has 18 heavy (non-hydrogen) atoms. The summed E-state index contributed by atoms with van der Waals surface area (Å²) >= 11 is 0. The van der Waals surface area contributed by atoms with Crippen LogP contribution in [0.25, 0.3) is 0 Å². The van der Waals surface area contributed by atoms with Gasteiger partial charge >= 0.3 is 5.97 Å². The molecule has 2 aromatic rings. The van der Waals surface area contributed by atoms with Crippen LogP contribution in [-0.2, 0) is 0 Å². The van der Waals surface area contributed by atoms with Gasteiger partial charge in [-0.05, 0) is 11.6 Å². The largest absolute Gasteiger partial charge is 0.476 e. The zero-order valence-electron chi connectivity index (χ0n) is 9.45. The summed E-state index contributed by atoms with van der Waals surface area (Å²) in [7, 11) is 0. The first-order valence-electron chi connectivity index (χ1n) is 5.68. The molecule has 1 N–H and O–H groups in total. The number of halogens is 1. The van der Waals surface area contributed by atoms with Crippen LogP contribution in [0.4, 0.5) is 4.39 Å². The zero-order chi connectivity index (χ0) is 12.7. The minimum absolute atomic E-state index is 0.103. The summed E-state index contributed by atoms with van der Waals surface area (Å²) in [6.45, 7) is 0. The number of fused-ring (bicyclic) bond motifs is 1. The Labute approximate surface area is 103 Å². The fourth-order valence-corrected chi connectivity index (χ4v) is 2.37. The number of carboxylic acid groups (broad SMARTS) is 1. The van der Waals surface area contributed by atoms with Crippen molar-refractivity contribution in [1.29, 1.82) is 0 Å². The van der Waals surface area contributed by atoms with Gasteiger partial charge in [-0.2, -0.15) is 5.10 Å². The summed E-state index contributed by atoms with van der Waals surface area (Å²) in [5.74, 6) is -1.13. The minimum Gasteiger partial charge on any atom is -0.476 e. The molecule has 2 atom stereocenters. The van der Waals surface area contributed by atoms with Crippen molar-refractivity contribution in [2.45, 2.75) is 18.6 Å². The lowest BCUT2D eigenvalue weighted by Crippen LogP contribution is -2.09. The van der Waals surface area contributed by atoms with E-state index in [0.717, 1.165) is 5.56 Å². The predicted octanol–water partition coefficient (Wildman–Crippen LogP) is 2.59. The van der Waals surface area contributed by atoms with Gasteiger partial charge in [0.25, 0.3) is 0 Å². The second-order valence-corrected chi connectivity index (χ2v) is 4.33.